The number of nitrogens with one attached hydrogen (secondary N) is 1. The van der Waals surface area contributed by atoms with Crippen LogP contribution in [0.4, 0.5) is 0 Å². The summed E-state index contributed by atoms with van der Waals surface area (Å²) in [5.74, 6) is 0.321. The Kier molecular flexibility index (Phi) is 6.61. The van der Waals surface area contributed by atoms with Crippen molar-refractivity contribution in [2.24, 2.45) is 11.8 Å². The molecule has 1 amide bonds. The van der Waals surface area contributed by atoms with E-state index in [9.17, 15) is 18.0 Å². The zero-order valence-electron chi connectivity index (χ0n) is 21.7. The molecule has 0 radical (unpaired) electrons. The van der Waals surface area contributed by atoms with Crippen molar-refractivity contribution >= 4 is 21.8 Å². The third-order valence-corrected chi connectivity index (χ3v) is 10.4. The number of carbonyl (C=O) groups excluding carboxylic acids is 1. The molecule has 1 aromatic carbocycles. The van der Waals surface area contributed by atoms with Crippen molar-refractivity contribution in [3.63, 3.8) is 0 Å². The van der Waals surface area contributed by atoms with Crippen molar-refractivity contribution in [1.82, 2.24) is 28.1 Å². The van der Waals surface area contributed by atoms with Crippen LogP contribution < -0.4 is 5.56 Å². The second kappa shape index (κ2) is 9.94. The van der Waals surface area contributed by atoms with Gasteiger partial charge in [0.05, 0.1) is 23.5 Å². The van der Waals surface area contributed by atoms with Gasteiger partial charge in [-0.25, -0.2) is 9.50 Å². The van der Waals surface area contributed by atoms with Crippen LogP contribution in [0.2, 0.25) is 0 Å². The zero-order chi connectivity index (χ0) is 26.4. The summed E-state index contributed by atoms with van der Waals surface area (Å²) >= 11 is 0. The maximum Gasteiger partial charge on any atom is 0.281 e. The first kappa shape index (κ1) is 25.3. The molecule has 3 aliphatic rings. The third kappa shape index (κ3) is 4.56. The fraction of sp³-hybridized carbons (Fsp3) is 0.519. The molecule has 6 rings (SSSR count). The normalized spacial score (nSPS) is 20.6. The molecule has 202 valence electrons. The fourth-order valence-corrected chi connectivity index (χ4v) is 7.58. The van der Waals surface area contributed by atoms with E-state index in [-0.39, 0.29) is 23.9 Å². The van der Waals surface area contributed by atoms with Crippen molar-refractivity contribution in [1.29, 1.82) is 0 Å². The molecule has 0 spiro atoms. The van der Waals surface area contributed by atoms with Gasteiger partial charge in [0, 0.05) is 51.1 Å². The molecule has 3 aromatic rings. The number of benzene rings is 1. The van der Waals surface area contributed by atoms with E-state index in [2.05, 4.69) is 12.0 Å². The number of fused-ring (bicyclic) bond motifs is 2. The first-order valence-corrected chi connectivity index (χ1v) is 14.9. The van der Waals surface area contributed by atoms with E-state index in [0.29, 0.717) is 69.1 Å². The number of nitrogens with zero attached hydrogens (tertiary/aromatic N) is 5. The summed E-state index contributed by atoms with van der Waals surface area (Å²) in [5.41, 5.74) is 3.46. The van der Waals surface area contributed by atoms with E-state index in [4.69, 9.17) is 4.98 Å². The van der Waals surface area contributed by atoms with Crippen molar-refractivity contribution in [3.05, 3.63) is 58.0 Å². The molecule has 0 saturated carbocycles. The van der Waals surface area contributed by atoms with E-state index in [1.807, 2.05) is 36.4 Å². The highest BCUT2D eigenvalue weighted by atomic mass is 32.2. The Morgan fingerprint density at radius 1 is 0.974 bits per heavy atom. The molecule has 1 N–H and O–H groups in total. The quantitative estimate of drug-likeness (QED) is 0.548. The highest BCUT2D eigenvalue weighted by Crippen LogP contribution is 2.28. The average molecular weight is 539 g/mol. The molecule has 0 unspecified atom stereocenters. The van der Waals surface area contributed by atoms with Gasteiger partial charge in [-0.05, 0) is 37.2 Å². The number of carbonyl (C=O) groups is 1. The number of amides is 1. The van der Waals surface area contributed by atoms with Crippen molar-refractivity contribution in [3.8, 4) is 11.3 Å². The summed E-state index contributed by atoms with van der Waals surface area (Å²) in [4.78, 5) is 33.3. The molecule has 2 aromatic heterocycles. The Bertz CT molecular complexity index is 1500. The van der Waals surface area contributed by atoms with Crippen LogP contribution in [-0.2, 0) is 28.0 Å². The molecule has 3 aliphatic heterocycles. The van der Waals surface area contributed by atoms with Gasteiger partial charge in [-0.1, -0.05) is 37.3 Å². The van der Waals surface area contributed by atoms with Crippen LogP contribution in [0.25, 0.3) is 16.9 Å². The predicted octanol–water partition coefficient (Wildman–Crippen LogP) is 2.26. The largest absolute Gasteiger partial charge is 0.337 e. The number of hydrogen-bond donors (Lipinski definition) is 1. The Balaban J connectivity index is 1.14. The molecule has 5 heterocycles. The van der Waals surface area contributed by atoms with Crippen LogP contribution in [0.15, 0.2) is 41.2 Å². The highest BCUT2D eigenvalue weighted by Gasteiger charge is 2.38. The van der Waals surface area contributed by atoms with E-state index < -0.39 is 10.2 Å². The second-order valence-corrected chi connectivity index (χ2v) is 12.8. The molecule has 0 bridgehead atoms. The molecule has 2 fully saturated rings. The number of aromatic amines is 1. The first-order chi connectivity index (χ1) is 18.3. The molecular weight excluding hydrogens is 504 g/mol. The summed E-state index contributed by atoms with van der Waals surface area (Å²) in [5, 5.41) is 3.16. The number of aromatic nitrogens is 3. The third-order valence-electron chi connectivity index (χ3n) is 8.36. The minimum absolute atomic E-state index is 0.000419. The van der Waals surface area contributed by atoms with Crippen molar-refractivity contribution in [2.75, 3.05) is 32.7 Å². The number of hydrogen-bond acceptors (Lipinski definition) is 5. The summed E-state index contributed by atoms with van der Waals surface area (Å²) in [7, 11) is -3.48. The first-order valence-electron chi connectivity index (χ1n) is 13.5. The summed E-state index contributed by atoms with van der Waals surface area (Å²) < 4.78 is 30.8. The van der Waals surface area contributed by atoms with Crippen LogP contribution in [0.5, 0.6) is 0 Å². The van der Waals surface area contributed by atoms with E-state index in [1.54, 1.807) is 13.5 Å². The average Bonchev–Trinajstić information content (AvgIpc) is 3.38. The van der Waals surface area contributed by atoms with Crippen LogP contribution in [-0.4, -0.2) is 75.2 Å². The summed E-state index contributed by atoms with van der Waals surface area (Å²) in [6, 6.07) is 11.7. The molecule has 2 saturated heterocycles. The van der Waals surface area contributed by atoms with Crippen LogP contribution in [0, 0.1) is 11.8 Å². The second-order valence-electron chi connectivity index (χ2n) is 10.8. The number of rotatable bonds is 4. The number of piperidine rings is 2. The van der Waals surface area contributed by atoms with Gasteiger partial charge in [-0.3, -0.25) is 14.7 Å². The zero-order valence-corrected chi connectivity index (χ0v) is 22.5. The van der Waals surface area contributed by atoms with Crippen LogP contribution in [0.1, 0.15) is 43.9 Å². The maximum atomic E-state index is 13.4. The summed E-state index contributed by atoms with van der Waals surface area (Å²) in [6.45, 7) is 4.74. The van der Waals surface area contributed by atoms with Gasteiger partial charge >= 0.3 is 0 Å². The topological polar surface area (TPSA) is 111 Å². The maximum absolute atomic E-state index is 13.4. The van der Waals surface area contributed by atoms with Crippen LogP contribution in [0.3, 0.4) is 0 Å². The lowest BCUT2D eigenvalue weighted by Crippen LogP contribution is -2.51. The van der Waals surface area contributed by atoms with Crippen LogP contribution >= 0.6 is 0 Å². The standard InChI is InChI=1S/C27H34N6O4S/c1-19-7-13-31(14-8-19)38(36,37)32-15-9-21(10-16-32)26(34)30-12-11-23-22(18-30)27(35)33-25(28-23)17-24(29-33)20-5-3-2-4-6-20/h2-6,17,19,21,29H,7-16,18H2,1H3. The van der Waals surface area contributed by atoms with E-state index >= 15 is 0 Å². The monoisotopic (exact) mass is 538 g/mol. The Morgan fingerprint density at radius 3 is 2.32 bits per heavy atom. The fourth-order valence-electron chi connectivity index (χ4n) is 5.91. The van der Waals surface area contributed by atoms with Gasteiger partial charge in [0.15, 0.2) is 5.65 Å². The lowest BCUT2D eigenvalue weighted by atomic mass is 9.95. The summed E-state index contributed by atoms with van der Waals surface area (Å²) in [6.07, 6.45) is 3.31. The Hall–Kier alpha value is -3.02. The van der Waals surface area contributed by atoms with Crippen molar-refractivity contribution < 1.29 is 13.2 Å². The lowest BCUT2D eigenvalue weighted by molar-refractivity contribution is -0.137. The van der Waals surface area contributed by atoms with Gasteiger partial charge in [0.25, 0.3) is 15.8 Å². The van der Waals surface area contributed by atoms with Gasteiger partial charge in [-0.2, -0.15) is 17.0 Å². The molecule has 10 nitrogen and oxygen atoms in total. The lowest BCUT2D eigenvalue weighted by Gasteiger charge is -2.38. The molecule has 38 heavy (non-hydrogen) atoms. The molecule has 0 atom stereocenters. The van der Waals surface area contributed by atoms with E-state index in [1.165, 1.54) is 4.52 Å². The minimum atomic E-state index is -3.48. The van der Waals surface area contributed by atoms with E-state index in [0.717, 1.165) is 29.8 Å². The molecular formula is C27H34N6O4S. The van der Waals surface area contributed by atoms with Crippen molar-refractivity contribution in [2.45, 2.75) is 45.6 Å². The Morgan fingerprint density at radius 2 is 1.63 bits per heavy atom. The molecule has 11 heteroatoms. The minimum Gasteiger partial charge on any atom is -0.337 e. The Labute approximate surface area is 222 Å². The molecule has 0 aliphatic carbocycles. The van der Waals surface area contributed by atoms with Gasteiger partial charge in [0.2, 0.25) is 5.91 Å². The van der Waals surface area contributed by atoms with Gasteiger partial charge < -0.3 is 4.90 Å². The SMILES string of the molecule is CC1CCN(S(=O)(=O)N2CCC(C(=O)N3CCc4nc5cc(-c6ccccc6)[nH]n5c(=O)c4C3)CC2)CC1. The smallest absolute Gasteiger partial charge is 0.281 e. The van der Waals surface area contributed by atoms with Gasteiger partial charge in [0.1, 0.15) is 0 Å². The van der Waals surface area contributed by atoms with Gasteiger partial charge in [-0.15, -0.1) is 0 Å². The number of H-pyrrole nitrogens is 1. The predicted molar refractivity (Wildman–Crippen MR) is 144 cm³/mol. The highest BCUT2D eigenvalue weighted by molar-refractivity contribution is 7.86.